The first-order chi connectivity index (χ1) is 7.54. The molecule has 3 nitrogen and oxygen atoms in total. The summed E-state index contributed by atoms with van der Waals surface area (Å²) in [5, 5.41) is 3.10. The van der Waals surface area contributed by atoms with Crippen molar-refractivity contribution in [3.8, 4) is 0 Å². The molecule has 0 heterocycles. The predicted molar refractivity (Wildman–Crippen MR) is 67.0 cm³/mol. The Labute approximate surface area is 99.2 Å². The predicted octanol–water partition coefficient (Wildman–Crippen LogP) is 2.05. The van der Waals surface area contributed by atoms with Crippen LogP contribution in [0.5, 0.6) is 0 Å². The van der Waals surface area contributed by atoms with Gasteiger partial charge in [-0.3, -0.25) is 4.79 Å². The molecule has 0 aromatic rings. The Morgan fingerprint density at radius 2 is 2.19 bits per heavy atom. The van der Waals surface area contributed by atoms with Gasteiger partial charge in [0, 0.05) is 6.04 Å². The number of carbonyl (C=O) groups excluding carboxylic acids is 1. The minimum absolute atomic E-state index is 0.0356. The molecule has 0 radical (unpaired) electrons. The second-order valence-electron chi connectivity index (χ2n) is 5.39. The van der Waals surface area contributed by atoms with Gasteiger partial charge in [-0.2, -0.15) is 0 Å². The maximum absolute atomic E-state index is 11.9. The smallest absolute Gasteiger partial charge is 0.237 e. The fourth-order valence-electron chi connectivity index (χ4n) is 2.37. The standard InChI is InChI=1S/C13H26N2O/c1-4-10(3)12(14)13(16)15-11-7-5-6-9(2)8-11/h9-12H,4-8,14H2,1-3H3,(H,15,16). The van der Waals surface area contributed by atoms with E-state index in [0.29, 0.717) is 6.04 Å². The van der Waals surface area contributed by atoms with Crippen LogP contribution >= 0.6 is 0 Å². The summed E-state index contributed by atoms with van der Waals surface area (Å²) in [6.07, 6.45) is 5.70. The Morgan fingerprint density at radius 1 is 1.50 bits per heavy atom. The lowest BCUT2D eigenvalue weighted by molar-refractivity contribution is -0.124. The molecule has 1 fully saturated rings. The lowest BCUT2D eigenvalue weighted by Gasteiger charge is -2.29. The molecule has 1 rings (SSSR count). The summed E-state index contributed by atoms with van der Waals surface area (Å²) in [6.45, 7) is 6.36. The van der Waals surface area contributed by atoms with Gasteiger partial charge in [0.05, 0.1) is 6.04 Å². The lowest BCUT2D eigenvalue weighted by Crippen LogP contribution is -2.49. The van der Waals surface area contributed by atoms with Crippen LogP contribution in [0.2, 0.25) is 0 Å². The number of carbonyl (C=O) groups is 1. The van der Waals surface area contributed by atoms with Gasteiger partial charge < -0.3 is 11.1 Å². The van der Waals surface area contributed by atoms with Crippen molar-refractivity contribution in [1.29, 1.82) is 0 Å². The topological polar surface area (TPSA) is 55.1 Å². The van der Waals surface area contributed by atoms with Crippen molar-refractivity contribution < 1.29 is 4.79 Å². The lowest BCUT2D eigenvalue weighted by atomic mass is 9.86. The summed E-state index contributed by atoms with van der Waals surface area (Å²) in [4.78, 5) is 11.9. The van der Waals surface area contributed by atoms with E-state index in [1.807, 2.05) is 6.92 Å². The van der Waals surface area contributed by atoms with Crippen LogP contribution in [0.25, 0.3) is 0 Å². The first kappa shape index (κ1) is 13.5. The van der Waals surface area contributed by atoms with Crippen LogP contribution in [0.3, 0.4) is 0 Å². The van der Waals surface area contributed by atoms with Gasteiger partial charge in [0.25, 0.3) is 0 Å². The van der Waals surface area contributed by atoms with Crippen molar-refractivity contribution in [1.82, 2.24) is 5.32 Å². The van der Waals surface area contributed by atoms with E-state index in [-0.39, 0.29) is 17.9 Å². The maximum Gasteiger partial charge on any atom is 0.237 e. The van der Waals surface area contributed by atoms with Crippen LogP contribution in [0.15, 0.2) is 0 Å². The molecule has 4 atom stereocenters. The van der Waals surface area contributed by atoms with Crippen LogP contribution in [-0.4, -0.2) is 18.0 Å². The van der Waals surface area contributed by atoms with Crippen molar-refractivity contribution in [2.45, 2.75) is 65.0 Å². The quantitative estimate of drug-likeness (QED) is 0.771. The molecule has 3 N–H and O–H groups in total. The van der Waals surface area contributed by atoms with Crippen molar-refractivity contribution in [3.05, 3.63) is 0 Å². The second-order valence-corrected chi connectivity index (χ2v) is 5.39. The van der Waals surface area contributed by atoms with E-state index in [1.165, 1.54) is 12.8 Å². The molecule has 0 bridgehead atoms. The Hall–Kier alpha value is -0.570. The number of hydrogen-bond acceptors (Lipinski definition) is 2. The van der Waals surface area contributed by atoms with Gasteiger partial charge in [-0.15, -0.1) is 0 Å². The van der Waals surface area contributed by atoms with Gasteiger partial charge >= 0.3 is 0 Å². The number of nitrogens with one attached hydrogen (secondary N) is 1. The molecule has 1 aliphatic rings. The molecule has 1 aliphatic carbocycles. The Bertz CT molecular complexity index is 230. The van der Waals surface area contributed by atoms with Crippen LogP contribution in [0, 0.1) is 11.8 Å². The first-order valence-corrected chi connectivity index (χ1v) is 6.60. The number of nitrogens with two attached hydrogens (primary N) is 1. The zero-order valence-corrected chi connectivity index (χ0v) is 10.8. The van der Waals surface area contributed by atoms with Gasteiger partial charge in [0.2, 0.25) is 5.91 Å². The Kier molecular flexibility index (Phi) is 5.26. The highest BCUT2D eigenvalue weighted by Gasteiger charge is 2.24. The summed E-state index contributed by atoms with van der Waals surface area (Å²) in [6, 6.07) is 0.00795. The van der Waals surface area contributed by atoms with E-state index in [2.05, 4.69) is 19.2 Å². The summed E-state index contributed by atoms with van der Waals surface area (Å²) in [5.74, 6) is 1.04. The van der Waals surface area contributed by atoms with E-state index in [0.717, 1.165) is 25.2 Å². The molecule has 3 heteroatoms. The maximum atomic E-state index is 11.9. The van der Waals surface area contributed by atoms with E-state index in [4.69, 9.17) is 5.73 Å². The average molecular weight is 226 g/mol. The normalized spacial score (nSPS) is 29.5. The van der Waals surface area contributed by atoms with Crippen molar-refractivity contribution >= 4 is 5.91 Å². The zero-order valence-electron chi connectivity index (χ0n) is 10.8. The highest BCUT2D eigenvalue weighted by Crippen LogP contribution is 2.23. The third kappa shape index (κ3) is 3.78. The third-order valence-electron chi connectivity index (χ3n) is 3.84. The molecule has 94 valence electrons. The van der Waals surface area contributed by atoms with Gasteiger partial charge in [-0.25, -0.2) is 0 Å². The number of rotatable bonds is 4. The third-order valence-corrected chi connectivity index (χ3v) is 3.84. The molecule has 16 heavy (non-hydrogen) atoms. The largest absolute Gasteiger partial charge is 0.352 e. The molecule has 0 aromatic heterocycles. The van der Waals surface area contributed by atoms with E-state index < -0.39 is 0 Å². The fourth-order valence-corrected chi connectivity index (χ4v) is 2.37. The zero-order chi connectivity index (χ0) is 12.1. The average Bonchev–Trinajstić information content (AvgIpc) is 2.27. The number of amides is 1. The molecule has 0 spiro atoms. The summed E-state index contributed by atoms with van der Waals surface area (Å²) in [7, 11) is 0. The number of hydrogen-bond donors (Lipinski definition) is 2. The summed E-state index contributed by atoms with van der Waals surface area (Å²) >= 11 is 0. The molecule has 4 unspecified atom stereocenters. The Morgan fingerprint density at radius 3 is 2.75 bits per heavy atom. The van der Waals surface area contributed by atoms with Crippen LogP contribution in [-0.2, 0) is 4.79 Å². The van der Waals surface area contributed by atoms with Crippen LogP contribution in [0.4, 0.5) is 0 Å². The molecule has 0 saturated heterocycles. The second kappa shape index (κ2) is 6.24. The summed E-state index contributed by atoms with van der Waals surface area (Å²) < 4.78 is 0. The minimum atomic E-state index is -0.345. The van der Waals surface area contributed by atoms with Crippen molar-refractivity contribution in [2.24, 2.45) is 17.6 Å². The van der Waals surface area contributed by atoms with E-state index >= 15 is 0 Å². The van der Waals surface area contributed by atoms with E-state index in [1.54, 1.807) is 0 Å². The van der Waals surface area contributed by atoms with Gasteiger partial charge in [-0.1, -0.05) is 40.0 Å². The van der Waals surface area contributed by atoms with Crippen molar-refractivity contribution in [2.75, 3.05) is 0 Å². The van der Waals surface area contributed by atoms with Crippen LogP contribution in [0.1, 0.15) is 52.9 Å². The molecular weight excluding hydrogens is 200 g/mol. The molecule has 0 aliphatic heterocycles. The molecular formula is C13H26N2O. The van der Waals surface area contributed by atoms with Gasteiger partial charge in [-0.05, 0) is 24.7 Å². The van der Waals surface area contributed by atoms with Crippen molar-refractivity contribution in [3.63, 3.8) is 0 Å². The SMILES string of the molecule is CCC(C)C(N)C(=O)NC1CCCC(C)C1. The first-order valence-electron chi connectivity index (χ1n) is 6.60. The molecule has 0 aromatic carbocycles. The summed E-state index contributed by atoms with van der Waals surface area (Å²) in [5.41, 5.74) is 5.91. The molecule has 1 saturated carbocycles. The Balaban J connectivity index is 2.38. The minimum Gasteiger partial charge on any atom is -0.352 e. The molecule has 1 amide bonds. The van der Waals surface area contributed by atoms with Gasteiger partial charge in [0.15, 0.2) is 0 Å². The van der Waals surface area contributed by atoms with E-state index in [9.17, 15) is 4.79 Å². The van der Waals surface area contributed by atoms with Gasteiger partial charge in [0.1, 0.15) is 0 Å². The van der Waals surface area contributed by atoms with Crippen LogP contribution < -0.4 is 11.1 Å². The monoisotopic (exact) mass is 226 g/mol. The fraction of sp³-hybridized carbons (Fsp3) is 0.923. The highest BCUT2D eigenvalue weighted by molar-refractivity contribution is 5.82. The highest BCUT2D eigenvalue weighted by atomic mass is 16.2.